The highest BCUT2D eigenvalue weighted by molar-refractivity contribution is 7.07. The van der Waals surface area contributed by atoms with Crippen molar-refractivity contribution in [3.63, 3.8) is 0 Å². The summed E-state index contributed by atoms with van der Waals surface area (Å²) in [5.74, 6) is 0.535. The minimum atomic E-state index is -0.718. The maximum absolute atomic E-state index is 13.9. The number of nitrogens with zero attached hydrogens (tertiary/aromatic N) is 2. The highest BCUT2D eigenvalue weighted by Gasteiger charge is 2.33. The van der Waals surface area contributed by atoms with Crippen LogP contribution in [0.2, 0.25) is 15.1 Å². The van der Waals surface area contributed by atoms with Gasteiger partial charge < -0.3 is 14.2 Å². The number of rotatable bonds is 9. The topological polar surface area (TPSA) is 79.1 Å². The summed E-state index contributed by atoms with van der Waals surface area (Å²) in [5, 5.41) is 1.60. The van der Waals surface area contributed by atoms with Crippen molar-refractivity contribution in [2.24, 2.45) is 4.99 Å². The van der Waals surface area contributed by atoms with E-state index in [4.69, 9.17) is 49.0 Å². The highest BCUT2D eigenvalue weighted by atomic mass is 35.5. The minimum Gasteiger partial charge on any atom is -0.490 e. The number of carbonyl (C=O) groups excluding carboxylic acids is 1. The molecule has 0 unspecified atom stereocenters. The molecule has 5 rings (SSSR count). The van der Waals surface area contributed by atoms with Crippen molar-refractivity contribution in [1.29, 1.82) is 0 Å². The molecule has 4 aromatic rings. The van der Waals surface area contributed by atoms with E-state index in [-0.39, 0.29) is 18.8 Å². The van der Waals surface area contributed by atoms with Crippen molar-refractivity contribution < 1.29 is 19.0 Å². The molecule has 7 nitrogen and oxygen atoms in total. The van der Waals surface area contributed by atoms with Crippen LogP contribution in [0.15, 0.2) is 81.7 Å². The maximum Gasteiger partial charge on any atom is 0.338 e. The zero-order valence-corrected chi connectivity index (χ0v) is 26.6. The Morgan fingerprint density at radius 1 is 0.953 bits per heavy atom. The van der Waals surface area contributed by atoms with Gasteiger partial charge >= 0.3 is 5.97 Å². The Labute approximate surface area is 267 Å². The lowest BCUT2D eigenvalue weighted by atomic mass is 9.96. The van der Waals surface area contributed by atoms with E-state index in [1.165, 1.54) is 15.9 Å². The number of thiazole rings is 1. The van der Waals surface area contributed by atoms with E-state index in [2.05, 4.69) is 4.99 Å². The van der Waals surface area contributed by atoms with Crippen molar-refractivity contribution in [3.05, 3.63) is 123 Å². The van der Waals surface area contributed by atoms with Crippen molar-refractivity contribution in [1.82, 2.24) is 4.57 Å². The molecule has 0 amide bonds. The van der Waals surface area contributed by atoms with Gasteiger partial charge in [-0.25, -0.2) is 9.79 Å². The average molecular weight is 658 g/mol. The summed E-state index contributed by atoms with van der Waals surface area (Å²) in [4.78, 5) is 32.1. The van der Waals surface area contributed by atoms with Crippen LogP contribution in [-0.2, 0) is 16.1 Å². The fourth-order valence-corrected chi connectivity index (χ4v) is 6.34. The molecule has 0 saturated carbocycles. The summed E-state index contributed by atoms with van der Waals surface area (Å²) in [6.45, 7) is 6.20. The Kier molecular flexibility index (Phi) is 9.62. The normalized spacial score (nSPS) is 14.7. The number of aromatic nitrogens is 1. The third-order valence-electron chi connectivity index (χ3n) is 6.67. The smallest absolute Gasteiger partial charge is 0.338 e. The maximum atomic E-state index is 13.9. The van der Waals surface area contributed by atoms with Crippen LogP contribution in [0.25, 0.3) is 6.08 Å². The predicted octanol–water partition coefficient (Wildman–Crippen LogP) is 6.74. The number of fused-ring (bicyclic) bond motifs is 1. The fraction of sp³-hybridized carbons (Fsp3) is 0.219. The number of benzene rings is 3. The third kappa shape index (κ3) is 6.68. The van der Waals surface area contributed by atoms with Crippen LogP contribution in [0, 0.1) is 0 Å². The molecule has 0 radical (unpaired) electrons. The Balaban J connectivity index is 1.54. The summed E-state index contributed by atoms with van der Waals surface area (Å²) in [6, 6.07) is 17.0. The van der Waals surface area contributed by atoms with E-state index < -0.39 is 12.0 Å². The largest absolute Gasteiger partial charge is 0.490 e. The average Bonchev–Trinajstić information content (AvgIpc) is 3.27. The van der Waals surface area contributed by atoms with E-state index in [0.29, 0.717) is 53.8 Å². The summed E-state index contributed by atoms with van der Waals surface area (Å²) in [6.07, 6.45) is 1.77. The molecule has 0 spiro atoms. The number of allylic oxidation sites excluding steroid dienone is 1. The van der Waals surface area contributed by atoms with Gasteiger partial charge in [0.2, 0.25) is 0 Å². The van der Waals surface area contributed by atoms with E-state index in [0.717, 1.165) is 16.7 Å². The van der Waals surface area contributed by atoms with E-state index in [1.54, 1.807) is 62.4 Å². The monoisotopic (exact) mass is 656 g/mol. The van der Waals surface area contributed by atoms with Crippen molar-refractivity contribution in [2.45, 2.75) is 33.4 Å². The molecule has 1 aromatic heterocycles. The molecule has 1 atom stereocenters. The van der Waals surface area contributed by atoms with Gasteiger partial charge in [-0.1, -0.05) is 70.4 Å². The Morgan fingerprint density at radius 2 is 1.70 bits per heavy atom. The molecule has 222 valence electrons. The molecule has 11 heteroatoms. The standard InChI is InChI=1S/C32H27Cl3N2O5S/c1-4-40-26-14-19(6-13-25(26)42-17-21-9-12-23(34)16-24(21)35)15-27-30(38)37-29(20-7-10-22(33)11-8-20)28(31(39)41-5-2)18(3)36-32(37)43-27/h6-16,29H,4-5,17H2,1-3H3/b27-15-/t29-/m0/s1. The molecule has 0 fully saturated rings. The molecule has 1 aliphatic heterocycles. The zero-order chi connectivity index (χ0) is 30.7. The minimum absolute atomic E-state index is 0.196. The first kappa shape index (κ1) is 30.9. The van der Waals surface area contributed by atoms with Crippen LogP contribution in [0.1, 0.15) is 43.5 Å². The molecular weight excluding hydrogens is 631 g/mol. The van der Waals surface area contributed by atoms with Gasteiger partial charge in [-0.2, -0.15) is 0 Å². The Hall–Kier alpha value is -3.56. The number of hydrogen-bond donors (Lipinski definition) is 0. The first-order valence-electron chi connectivity index (χ1n) is 13.5. The highest BCUT2D eigenvalue weighted by Crippen LogP contribution is 2.32. The number of carbonyl (C=O) groups is 1. The second kappa shape index (κ2) is 13.4. The van der Waals surface area contributed by atoms with Gasteiger partial charge in [0.1, 0.15) is 6.61 Å². The lowest BCUT2D eigenvalue weighted by Crippen LogP contribution is -2.39. The SMILES string of the molecule is CCOC(=O)C1=C(C)N=c2s/c(=C\c3ccc(OCc4ccc(Cl)cc4Cl)c(OCC)c3)c(=O)n2[C@H]1c1ccc(Cl)cc1. The lowest BCUT2D eigenvalue weighted by Gasteiger charge is -2.24. The van der Waals surface area contributed by atoms with Crippen LogP contribution < -0.4 is 24.4 Å². The van der Waals surface area contributed by atoms with E-state index in [1.807, 2.05) is 25.1 Å². The number of ether oxygens (including phenoxy) is 3. The van der Waals surface area contributed by atoms with Gasteiger partial charge in [-0.15, -0.1) is 0 Å². The summed E-state index contributed by atoms with van der Waals surface area (Å²) in [5.41, 5.74) is 2.75. The fourth-order valence-electron chi connectivity index (χ4n) is 4.70. The number of hydrogen-bond acceptors (Lipinski definition) is 7. The second-order valence-electron chi connectivity index (χ2n) is 9.52. The van der Waals surface area contributed by atoms with Crippen molar-refractivity contribution in [2.75, 3.05) is 13.2 Å². The summed E-state index contributed by atoms with van der Waals surface area (Å²) in [7, 11) is 0. The molecule has 2 heterocycles. The van der Waals surface area contributed by atoms with Gasteiger partial charge in [-0.3, -0.25) is 9.36 Å². The lowest BCUT2D eigenvalue weighted by molar-refractivity contribution is -0.139. The van der Waals surface area contributed by atoms with Crippen molar-refractivity contribution >= 4 is 58.2 Å². The molecule has 43 heavy (non-hydrogen) atoms. The summed E-state index contributed by atoms with van der Waals surface area (Å²) >= 11 is 19.7. The van der Waals surface area contributed by atoms with Crippen molar-refractivity contribution in [3.8, 4) is 11.5 Å². The van der Waals surface area contributed by atoms with Crippen LogP contribution in [0.3, 0.4) is 0 Å². The number of esters is 1. The van der Waals surface area contributed by atoms with Gasteiger partial charge in [0, 0.05) is 20.6 Å². The first-order valence-corrected chi connectivity index (χ1v) is 15.4. The van der Waals surface area contributed by atoms with Gasteiger partial charge in [-0.05, 0) is 74.4 Å². The van der Waals surface area contributed by atoms with E-state index in [9.17, 15) is 9.59 Å². The Morgan fingerprint density at radius 3 is 2.40 bits per heavy atom. The third-order valence-corrected chi connectivity index (χ3v) is 8.49. The predicted molar refractivity (Wildman–Crippen MR) is 170 cm³/mol. The molecule has 0 bridgehead atoms. The molecule has 3 aromatic carbocycles. The quantitative estimate of drug-likeness (QED) is 0.187. The van der Waals surface area contributed by atoms with Gasteiger partial charge in [0.15, 0.2) is 16.3 Å². The summed E-state index contributed by atoms with van der Waals surface area (Å²) < 4.78 is 19.2. The zero-order valence-electron chi connectivity index (χ0n) is 23.5. The van der Waals surface area contributed by atoms with Gasteiger partial charge in [0.25, 0.3) is 5.56 Å². The van der Waals surface area contributed by atoms with E-state index >= 15 is 0 Å². The van der Waals surface area contributed by atoms with Crippen LogP contribution in [0.4, 0.5) is 0 Å². The Bertz CT molecular complexity index is 1900. The molecule has 0 aliphatic carbocycles. The molecule has 0 N–H and O–H groups in total. The van der Waals surface area contributed by atoms with Crippen LogP contribution in [-0.4, -0.2) is 23.8 Å². The molecule has 1 aliphatic rings. The molecule has 0 saturated heterocycles. The second-order valence-corrected chi connectivity index (χ2v) is 11.8. The van der Waals surface area contributed by atoms with Crippen LogP contribution >= 0.6 is 46.1 Å². The van der Waals surface area contributed by atoms with Gasteiger partial charge in [0.05, 0.1) is 35.1 Å². The van der Waals surface area contributed by atoms with Crippen LogP contribution in [0.5, 0.6) is 11.5 Å². The first-order chi connectivity index (χ1) is 20.7. The number of halogens is 3. The molecular formula is C32H27Cl3N2O5S.